The third kappa shape index (κ3) is 3.25. The van der Waals surface area contributed by atoms with Crippen LogP contribution in [0.1, 0.15) is 74.1 Å². The van der Waals surface area contributed by atoms with E-state index in [-0.39, 0.29) is 22.8 Å². The lowest BCUT2D eigenvalue weighted by atomic mass is 9.80. The van der Waals surface area contributed by atoms with Gasteiger partial charge in [-0.1, -0.05) is 13.8 Å². The van der Waals surface area contributed by atoms with Crippen LogP contribution < -0.4 is 0 Å². The van der Waals surface area contributed by atoms with Crippen molar-refractivity contribution in [2.45, 2.75) is 96.9 Å². The van der Waals surface area contributed by atoms with Gasteiger partial charge in [0.25, 0.3) is 0 Å². The van der Waals surface area contributed by atoms with E-state index in [0.29, 0.717) is 0 Å². The van der Waals surface area contributed by atoms with Crippen molar-refractivity contribution in [1.29, 1.82) is 0 Å². The fraction of sp³-hybridized carbons (Fsp3) is 1.00. The molecule has 0 radical (unpaired) electrons. The number of rotatable bonds is 4. The summed E-state index contributed by atoms with van der Waals surface area (Å²) >= 11 is 0. The second kappa shape index (κ2) is 5.10. The maximum atomic E-state index is 10.0. The molecular formula is C15H31NO2. The van der Waals surface area contributed by atoms with Crippen LogP contribution in [-0.4, -0.2) is 33.0 Å². The van der Waals surface area contributed by atoms with Gasteiger partial charge in [0.1, 0.15) is 0 Å². The molecule has 1 N–H and O–H groups in total. The smallest absolute Gasteiger partial charge is 0.0867 e. The summed E-state index contributed by atoms with van der Waals surface area (Å²) in [5.41, 5.74) is -0.379. The van der Waals surface area contributed by atoms with Crippen LogP contribution >= 0.6 is 0 Å². The zero-order valence-corrected chi connectivity index (χ0v) is 13.2. The van der Waals surface area contributed by atoms with Crippen LogP contribution in [0.3, 0.4) is 0 Å². The first-order valence-electron chi connectivity index (χ1n) is 7.24. The molecule has 0 amide bonds. The SMILES string of the molecule is CCC(C)(CC)ON1C(C)(C)CC(O)CC1(C)C. The predicted octanol–water partition coefficient (Wildman–Crippen LogP) is 3.51. The minimum atomic E-state index is -0.232. The van der Waals surface area contributed by atoms with Gasteiger partial charge in [-0.05, 0) is 60.3 Å². The predicted molar refractivity (Wildman–Crippen MR) is 75.3 cm³/mol. The highest BCUT2D eigenvalue weighted by molar-refractivity contribution is 4.97. The lowest BCUT2D eigenvalue weighted by Gasteiger charge is -2.55. The van der Waals surface area contributed by atoms with E-state index < -0.39 is 0 Å². The Kier molecular flexibility index (Phi) is 4.52. The van der Waals surface area contributed by atoms with Gasteiger partial charge in [-0.25, -0.2) is 0 Å². The number of piperidine rings is 1. The Morgan fingerprint density at radius 2 is 1.50 bits per heavy atom. The molecule has 0 aromatic rings. The van der Waals surface area contributed by atoms with Crippen LogP contribution in [0.15, 0.2) is 0 Å². The van der Waals surface area contributed by atoms with Gasteiger partial charge in [-0.15, -0.1) is 0 Å². The second-order valence-corrected chi connectivity index (χ2v) is 7.23. The second-order valence-electron chi connectivity index (χ2n) is 7.23. The van der Waals surface area contributed by atoms with Crippen LogP contribution in [0.2, 0.25) is 0 Å². The standard InChI is InChI=1S/C15H31NO2/c1-8-15(7,9-2)18-16-13(3,4)10-12(17)11-14(16,5)6/h12,17H,8-11H2,1-7H3. The van der Waals surface area contributed by atoms with Crippen LogP contribution in [0.4, 0.5) is 0 Å². The normalized spacial score (nSPS) is 25.3. The van der Waals surface area contributed by atoms with Crippen LogP contribution in [-0.2, 0) is 4.84 Å². The summed E-state index contributed by atoms with van der Waals surface area (Å²) in [5.74, 6) is 0. The minimum absolute atomic E-state index is 0.114. The monoisotopic (exact) mass is 257 g/mol. The molecule has 3 nitrogen and oxygen atoms in total. The average molecular weight is 257 g/mol. The fourth-order valence-corrected chi connectivity index (χ4v) is 3.06. The summed E-state index contributed by atoms with van der Waals surface area (Å²) in [6.07, 6.45) is 3.29. The van der Waals surface area contributed by atoms with Crippen molar-refractivity contribution >= 4 is 0 Å². The molecular weight excluding hydrogens is 226 g/mol. The third-order valence-corrected chi connectivity index (χ3v) is 4.38. The summed E-state index contributed by atoms with van der Waals surface area (Å²) in [7, 11) is 0. The first-order valence-corrected chi connectivity index (χ1v) is 7.24. The molecule has 1 aliphatic heterocycles. The number of aliphatic hydroxyl groups is 1. The van der Waals surface area contributed by atoms with Crippen molar-refractivity contribution in [2.75, 3.05) is 0 Å². The topological polar surface area (TPSA) is 32.7 Å². The van der Waals surface area contributed by atoms with E-state index in [4.69, 9.17) is 4.84 Å². The van der Waals surface area contributed by atoms with Gasteiger partial charge in [0, 0.05) is 11.1 Å². The highest BCUT2D eigenvalue weighted by atomic mass is 16.7. The Labute approximate surface area is 112 Å². The Hall–Kier alpha value is -0.120. The molecule has 0 spiro atoms. The summed E-state index contributed by atoms with van der Waals surface area (Å²) in [5, 5.41) is 12.2. The molecule has 1 aliphatic rings. The fourth-order valence-electron chi connectivity index (χ4n) is 3.06. The van der Waals surface area contributed by atoms with Gasteiger partial charge in [-0.2, -0.15) is 5.06 Å². The first-order chi connectivity index (χ1) is 8.06. The molecule has 3 heteroatoms. The maximum Gasteiger partial charge on any atom is 0.0867 e. The molecule has 1 heterocycles. The molecule has 1 saturated heterocycles. The highest BCUT2D eigenvalue weighted by Crippen LogP contribution is 2.41. The van der Waals surface area contributed by atoms with E-state index in [9.17, 15) is 5.11 Å². The van der Waals surface area contributed by atoms with Crippen molar-refractivity contribution in [1.82, 2.24) is 5.06 Å². The Balaban J connectivity index is 2.96. The largest absolute Gasteiger partial charge is 0.393 e. The van der Waals surface area contributed by atoms with Gasteiger partial charge in [0.2, 0.25) is 0 Å². The van der Waals surface area contributed by atoms with E-state index in [1.165, 1.54) is 0 Å². The van der Waals surface area contributed by atoms with Gasteiger partial charge in [0.15, 0.2) is 0 Å². The van der Waals surface area contributed by atoms with Gasteiger partial charge in [-0.3, -0.25) is 4.84 Å². The van der Waals surface area contributed by atoms with E-state index in [1.54, 1.807) is 0 Å². The van der Waals surface area contributed by atoms with E-state index in [1.807, 2.05) is 0 Å². The van der Waals surface area contributed by atoms with E-state index >= 15 is 0 Å². The lowest BCUT2D eigenvalue weighted by Crippen LogP contribution is -2.63. The van der Waals surface area contributed by atoms with Crippen molar-refractivity contribution in [3.8, 4) is 0 Å². The van der Waals surface area contributed by atoms with Crippen molar-refractivity contribution in [3.05, 3.63) is 0 Å². The zero-order valence-electron chi connectivity index (χ0n) is 13.2. The Morgan fingerprint density at radius 1 is 1.11 bits per heavy atom. The molecule has 0 aromatic heterocycles. The van der Waals surface area contributed by atoms with Gasteiger partial charge in [0.05, 0.1) is 11.7 Å². The third-order valence-electron chi connectivity index (χ3n) is 4.38. The highest BCUT2D eigenvalue weighted by Gasteiger charge is 2.48. The molecule has 1 rings (SSSR count). The molecule has 0 atom stereocenters. The summed E-state index contributed by atoms with van der Waals surface area (Å²) in [6, 6.07) is 0. The minimum Gasteiger partial charge on any atom is -0.393 e. The number of hydrogen-bond acceptors (Lipinski definition) is 3. The van der Waals surface area contributed by atoms with E-state index in [2.05, 4.69) is 53.5 Å². The molecule has 0 unspecified atom stereocenters. The number of hydrogen-bond donors (Lipinski definition) is 1. The summed E-state index contributed by atoms with van der Waals surface area (Å²) < 4.78 is 0. The number of aliphatic hydroxyl groups excluding tert-OH is 1. The molecule has 0 aliphatic carbocycles. The van der Waals surface area contributed by atoms with Crippen LogP contribution in [0.25, 0.3) is 0 Å². The number of nitrogens with zero attached hydrogens (tertiary/aromatic N) is 1. The van der Waals surface area contributed by atoms with E-state index in [0.717, 1.165) is 25.7 Å². The lowest BCUT2D eigenvalue weighted by molar-refractivity contribution is -0.341. The van der Waals surface area contributed by atoms with Gasteiger partial charge < -0.3 is 5.11 Å². The summed E-state index contributed by atoms with van der Waals surface area (Å²) in [4.78, 5) is 6.38. The zero-order chi connectivity index (χ0) is 14.2. The molecule has 18 heavy (non-hydrogen) atoms. The molecule has 108 valence electrons. The van der Waals surface area contributed by atoms with Crippen LogP contribution in [0.5, 0.6) is 0 Å². The Bertz CT molecular complexity index is 264. The first kappa shape index (κ1) is 15.9. The average Bonchev–Trinajstić information content (AvgIpc) is 2.21. The van der Waals surface area contributed by atoms with Crippen molar-refractivity contribution in [3.63, 3.8) is 0 Å². The molecule has 0 bridgehead atoms. The molecule has 1 fully saturated rings. The molecule has 0 aromatic carbocycles. The number of hydroxylamine groups is 2. The summed E-state index contributed by atoms with van der Waals surface area (Å²) in [6.45, 7) is 15.1. The Morgan fingerprint density at radius 3 is 1.83 bits per heavy atom. The van der Waals surface area contributed by atoms with Crippen molar-refractivity contribution < 1.29 is 9.94 Å². The molecule has 0 saturated carbocycles. The quantitative estimate of drug-likeness (QED) is 0.836. The van der Waals surface area contributed by atoms with Crippen molar-refractivity contribution in [2.24, 2.45) is 0 Å². The van der Waals surface area contributed by atoms with Gasteiger partial charge >= 0.3 is 0 Å². The van der Waals surface area contributed by atoms with Crippen LogP contribution in [0, 0.1) is 0 Å². The maximum absolute atomic E-state index is 10.0.